The van der Waals surface area contributed by atoms with Gasteiger partial charge in [-0.15, -0.1) is 0 Å². The Morgan fingerprint density at radius 2 is 1.65 bits per heavy atom. The maximum Gasteiger partial charge on any atom is 0.0501 e. The van der Waals surface area contributed by atoms with E-state index in [2.05, 4.69) is 54.6 Å². The highest BCUT2D eigenvalue weighted by atomic mass is 15.2. The topological polar surface area (TPSA) is 50.9 Å². The first-order valence-corrected chi connectivity index (χ1v) is 6.97. The number of benzene rings is 1. The van der Waals surface area contributed by atoms with E-state index in [1.807, 2.05) is 13.8 Å². The highest BCUT2D eigenvalue weighted by molar-refractivity contribution is 5.32. The number of nitrogens with zero attached hydrogens (tertiary/aromatic N) is 1. The van der Waals surface area contributed by atoms with Crippen LogP contribution in [0.5, 0.6) is 0 Å². The van der Waals surface area contributed by atoms with Gasteiger partial charge < -0.3 is 0 Å². The van der Waals surface area contributed by atoms with E-state index in [1.165, 1.54) is 22.3 Å². The number of pyridine rings is 1. The van der Waals surface area contributed by atoms with Crippen LogP contribution in [0.2, 0.25) is 0 Å². The van der Waals surface area contributed by atoms with Crippen LogP contribution in [0.15, 0.2) is 30.3 Å². The van der Waals surface area contributed by atoms with Gasteiger partial charge in [0.25, 0.3) is 0 Å². The van der Waals surface area contributed by atoms with E-state index in [4.69, 9.17) is 5.84 Å². The summed E-state index contributed by atoms with van der Waals surface area (Å²) in [4.78, 5) is 4.42. The van der Waals surface area contributed by atoms with Gasteiger partial charge in [-0.1, -0.05) is 18.2 Å². The second-order valence-electron chi connectivity index (χ2n) is 5.53. The first kappa shape index (κ1) is 14.7. The highest BCUT2D eigenvalue weighted by Gasteiger charge is 2.12. The lowest BCUT2D eigenvalue weighted by molar-refractivity contribution is 0.550. The maximum absolute atomic E-state index is 5.75. The first-order valence-electron chi connectivity index (χ1n) is 6.97. The van der Waals surface area contributed by atoms with Crippen molar-refractivity contribution in [2.45, 2.75) is 40.2 Å². The van der Waals surface area contributed by atoms with E-state index >= 15 is 0 Å². The second-order valence-corrected chi connectivity index (χ2v) is 5.53. The van der Waals surface area contributed by atoms with Crippen molar-refractivity contribution < 1.29 is 0 Å². The third-order valence-corrected chi connectivity index (χ3v) is 3.72. The van der Waals surface area contributed by atoms with Crippen LogP contribution in [-0.4, -0.2) is 4.98 Å². The van der Waals surface area contributed by atoms with Crippen molar-refractivity contribution in [3.8, 4) is 0 Å². The predicted molar refractivity (Wildman–Crippen MR) is 83.4 cm³/mol. The Kier molecular flexibility index (Phi) is 4.53. The van der Waals surface area contributed by atoms with Crippen LogP contribution in [0.25, 0.3) is 0 Å². The largest absolute Gasteiger partial charge is 0.271 e. The molecule has 3 heteroatoms. The smallest absolute Gasteiger partial charge is 0.0501 e. The zero-order valence-electron chi connectivity index (χ0n) is 12.7. The van der Waals surface area contributed by atoms with E-state index in [1.54, 1.807) is 0 Å². The molecule has 1 aromatic carbocycles. The molecule has 0 aliphatic carbocycles. The predicted octanol–water partition coefficient (Wildman–Crippen LogP) is 3.06. The monoisotopic (exact) mass is 269 g/mol. The standard InChI is InChI=1S/C17H23N3/c1-11-5-6-15(7-12(11)2)10-17(20-18)16-8-13(3)19-14(4)9-16/h5-9,17,20H,10,18H2,1-4H3. The number of hydrazine groups is 1. The fourth-order valence-corrected chi connectivity index (χ4v) is 2.51. The molecule has 2 aromatic rings. The fraction of sp³-hybridized carbons (Fsp3) is 0.353. The van der Waals surface area contributed by atoms with Crippen molar-refractivity contribution >= 4 is 0 Å². The molecule has 106 valence electrons. The molecule has 0 bridgehead atoms. The second kappa shape index (κ2) is 6.16. The molecule has 1 unspecified atom stereocenters. The number of hydrogen-bond acceptors (Lipinski definition) is 3. The number of rotatable bonds is 4. The molecule has 0 fully saturated rings. The molecule has 1 aromatic heterocycles. The molecule has 1 atom stereocenters. The molecule has 2 rings (SSSR count). The first-order chi connectivity index (χ1) is 9.49. The third kappa shape index (κ3) is 3.44. The zero-order valence-corrected chi connectivity index (χ0v) is 12.7. The Balaban J connectivity index is 2.26. The van der Waals surface area contributed by atoms with E-state index in [-0.39, 0.29) is 6.04 Å². The Bertz CT molecular complexity index is 585. The average Bonchev–Trinajstić information content (AvgIpc) is 2.38. The van der Waals surface area contributed by atoms with Gasteiger partial charge in [-0.2, -0.15) is 0 Å². The van der Waals surface area contributed by atoms with E-state index < -0.39 is 0 Å². The van der Waals surface area contributed by atoms with Gasteiger partial charge in [-0.3, -0.25) is 16.3 Å². The van der Waals surface area contributed by atoms with Crippen molar-refractivity contribution in [1.82, 2.24) is 10.4 Å². The molecule has 0 aliphatic heterocycles. The number of aryl methyl sites for hydroxylation is 4. The van der Waals surface area contributed by atoms with E-state index in [9.17, 15) is 0 Å². The lowest BCUT2D eigenvalue weighted by Crippen LogP contribution is -2.29. The minimum Gasteiger partial charge on any atom is -0.271 e. The Labute approximate surface area is 121 Å². The van der Waals surface area contributed by atoms with E-state index in [0.717, 1.165) is 17.8 Å². The van der Waals surface area contributed by atoms with Gasteiger partial charge in [0.05, 0.1) is 6.04 Å². The molecule has 0 saturated carbocycles. The summed E-state index contributed by atoms with van der Waals surface area (Å²) >= 11 is 0. The summed E-state index contributed by atoms with van der Waals surface area (Å²) in [5.41, 5.74) is 10.1. The molecule has 0 radical (unpaired) electrons. The Morgan fingerprint density at radius 3 is 2.20 bits per heavy atom. The van der Waals surface area contributed by atoms with Gasteiger partial charge in [0.2, 0.25) is 0 Å². The minimum atomic E-state index is 0.109. The lowest BCUT2D eigenvalue weighted by Gasteiger charge is -2.18. The fourth-order valence-electron chi connectivity index (χ4n) is 2.51. The van der Waals surface area contributed by atoms with Crippen molar-refractivity contribution in [1.29, 1.82) is 0 Å². The molecule has 0 saturated heterocycles. The summed E-state index contributed by atoms with van der Waals surface area (Å²) in [6.45, 7) is 8.30. The highest BCUT2D eigenvalue weighted by Crippen LogP contribution is 2.20. The van der Waals surface area contributed by atoms with Crippen LogP contribution in [0.4, 0.5) is 0 Å². The van der Waals surface area contributed by atoms with E-state index in [0.29, 0.717) is 0 Å². The van der Waals surface area contributed by atoms with Gasteiger partial charge in [-0.25, -0.2) is 0 Å². The molecular weight excluding hydrogens is 246 g/mol. The van der Waals surface area contributed by atoms with Crippen LogP contribution in [-0.2, 0) is 6.42 Å². The van der Waals surface area contributed by atoms with Crippen LogP contribution in [0.3, 0.4) is 0 Å². The average molecular weight is 269 g/mol. The molecule has 0 amide bonds. The number of nitrogens with two attached hydrogens (primary N) is 1. The summed E-state index contributed by atoms with van der Waals surface area (Å²) in [6, 6.07) is 10.9. The number of aromatic nitrogens is 1. The van der Waals surface area contributed by atoms with Gasteiger partial charge in [0.1, 0.15) is 0 Å². The molecule has 0 aliphatic rings. The van der Waals surface area contributed by atoms with Gasteiger partial charge in [-0.05, 0) is 68.5 Å². The molecule has 1 heterocycles. The van der Waals surface area contributed by atoms with Gasteiger partial charge in [0.15, 0.2) is 0 Å². The number of nitrogens with one attached hydrogen (secondary N) is 1. The minimum absolute atomic E-state index is 0.109. The Morgan fingerprint density at radius 1 is 1.00 bits per heavy atom. The summed E-state index contributed by atoms with van der Waals surface area (Å²) < 4.78 is 0. The van der Waals surface area contributed by atoms with Crippen LogP contribution in [0, 0.1) is 27.7 Å². The zero-order chi connectivity index (χ0) is 14.7. The van der Waals surface area contributed by atoms with Crippen molar-refractivity contribution in [3.05, 3.63) is 64.0 Å². The molecule has 0 spiro atoms. The van der Waals surface area contributed by atoms with Crippen LogP contribution < -0.4 is 11.3 Å². The number of hydrogen-bond donors (Lipinski definition) is 2. The SMILES string of the molecule is Cc1cc(C(Cc2ccc(C)c(C)c2)NN)cc(C)n1. The normalized spacial score (nSPS) is 12.4. The summed E-state index contributed by atoms with van der Waals surface area (Å²) in [7, 11) is 0. The molecule has 3 nitrogen and oxygen atoms in total. The molecule has 20 heavy (non-hydrogen) atoms. The quantitative estimate of drug-likeness (QED) is 0.662. The third-order valence-electron chi connectivity index (χ3n) is 3.72. The van der Waals surface area contributed by atoms with Crippen molar-refractivity contribution in [2.24, 2.45) is 5.84 Å². The summed E-state index contributed by atoms with van der Waals surface area (Å²) in [5, 5.41) is 0. The van der Waals surface area contributed by atoms with Gasteiger partial charge >= 0.3 is 0 Å². The van der Waals surface area contributed by atoms with Crippen LogP contribution in [0.1, 0.15) is 39.7 Å². The van der Waals surface area contributed by atoms with Gasteiger partial charge in [0, 0.05) is 11.4 Å². The van der Waals surface area contributed by atoms with Crippen LogP contribution >= 0.6 is 0 Å². The molecule has 3 N–H and O–H groups in total. The lowest BCUT2D eigenvalue weighted by atomic mass is 9.96. The van der Waals surface area contributed by atoms with Crippen molar-refractivity contribution in [3.63, 3.8) is 0 Å². The van der Waals surface area contributed by atoms with Crippen molar-refractivity contribution in [2.75, 3.05) is 0 Å². The Hall–Kier alpha value is -1.71. The molecular formula is C17H23N3. The summed E-state index contributed by atoms with van der Waals surface area (Å²) in [6.07, 6.45) is 0.876. The maximum atomic E-state index is 5.75. The summed E-state index contributed by atoms with van der Waals surface area (Å²) in [5.74, 6) is 5.75.